The second kappa shape index (κ2) is 8.78. The van der Waals surface area contributed by atoms with Crippen molar-refractivity contribution in [3.8, 4) is 11.5 Å². The molecule has 0 bridgehead atoms. The number of para-hydroxylation sites is 1. The highest BCUT2D eigenvalue weighted by molar-refractivity contribution is 6.03. The summed E-state index contributed by atoms with van der Waals surface area (Å²) in [6, 6.07) is 11.5. The summed E-state index contributed by atoms with van der Waals surface area (Å²) in [6.07, 6.45) is 1.38. The van der Waals surface area contributed by atoms with Crippen LogP contribution in [0.3, 0.4) is 0 Å². The molecule has 0 saturated heterocycles. The van der Waals surface area contributed by atoms with E-state index in [1.165, 1.54) is 0 Å². The molecule has 1 aliphatic rings. The maximum absolute atomic E-state index is 12.6. The summed E-state index contributed by atoms with van der Waals surface area (Å²) in [4.78, 5) is 26.7. The number of hydrogen-bond donors (Lipinski definition) is 1. The van der Waals surface area contributed by atoms with Crippen LogP contribution in [0.1, 0.15) is 30.0 Å². The number of ether oxygens (including phenoxy) is 2. The van der Waals surface area contributed by atoms with Gasteiger partial charge in [0.2, 0.25) is 11.8 Å². The molecule has 0 unspecified atom stereocenters. The van der Waals surface area contributed by atoms with Gasteiger partial charge in [-0.2, -0.15) is 0 Å². The Balaban J connectivity index is 1.65. The summed E-state index contributed by atoms with van der Waals surface area (Å²) in [5, 5.41) is 2.86. The minimum absolute atomic E-state index is 0.166. The van der Waals surface area contributed by atoms with E-state index in [4.69, 9.17) is 9.47 Å². The lowest BCUT2D eigenvalue weighted by atomic mass is 9.98. The summed E-state index contributed by atoms with van der Waals surface area (Å²) in [5.41, 5.74) is 3.98. The first-order chi connectivity index (χ1) is 13.5. The average molecular weight is 382 g/mol. The molecule has 3 rings (SSSR count). The standard InChI is InChI=1S/C22H26N2O4/c1-4-15-7-5-6-8-18(15)23-21(25)13-22(26)24-10-9-16-11-19(27-2)20(28-3)12-17(16)14-24/h5-8,11-12H,4,9-10,13-14H2,1-3H3,(H,23,25). The molecule has 6 nitrogen and oxygen atoms in total. The molecule has 0 spiro atoms. The predicted octanol–water partition coefficient (Wildman–Crippen LogP) is 3.18. The Kier molecular flexibility index (Phi) is 6.19. The van der Waals surface area contributed by atoms with Crippen molar-refractivity contribution in [3.63, 3.8) is 0 Å². The van der Waals surface area contributed by atoms with Gasteiger partial charge in [0.25, 0.3) is 0 Å². The Morgan fingerprint density at radius 3 is 2.43 bits per heavy atom. The van der Waals surface area contributed by atoms with E-state index in [-0.39, 0.29) is 18.2 Å². The van der Waals surface area contributed by atoms with Gasteiger partial charge in [-0.05, 0) is 47.7 Å². The third-order valence-electron chi connectivity index (χ3n) is 5.05. The number of aryl methyl sites for hydroxylation is 1. The van der Waals surface area contributed by atoms with Gasteiger partial charge < -0.3 is 19.7 Å². The van der Waals surface area contributed by atoms with Gasteiger partial charge in [-0.1, -0.05) is 25.1 Å². The third kappa shape index (κ3) is 4.27. The largest absolute Gasteiger partial charge is 0.493 e. The Bertz CT molecular complexity index is 879. The van der Waals surface area contributed by atoms with Gasteiger partial charge in [-0.25, -0.2) is 0 Å². The highest BCUT2D eigenvalue weighted by atomic mass is 16.5. The number of methoxy groups -OCH3 is 2. The maximum atomic E-state index is 12.6. The van der Waals surface area contributed by atoms with E-state index in [1.54, 1.807) is 19.1 Å². The number of fused-ring (bicyclic) bond motifs is 1. The van der Waals surface area contributed by atoms with Gasteiger partial charge in [0, 0.05) is 18.8 Å². The molecule has 0 aliphatic carbocycles. The Morgan fingerprint density at radius 1 is 1.07 bits per heavy atom. The van der Waals surface area contributed by atoms with Gasteiger partial charge in [0.1, 0.15) is 6.42 Å². The van der Waals surface area contributed by atoms with Crippen molar-refractivity contribution in [1.29, 1.82) is 0 Å². The second-order valence-corrected chi connectivity index (χ2v) is 6.78. The van der Waals surface area contributed by atoms with E-state index in [9.17, 15) is 9.59 Å². The number of benzene rings is 2. The van der Waals surface area contributed by atoms with Crippen LogP contribution in [0.5, 0.6) is 11.5 Å². The zero-order valence-corrected chi connectivity index (χ0v) is 16.6. The first kappa shape index (κ1) is 19.7. The Labute approximate surface area is 165 Å². The van der Waals surface area contributed by atoms with Crippen LogP contribution in [0.15, 0.2) is 36.4 Å². The molecule has 1 aliphatic heterocycles. The molecule has 6 heteroatoms. The first-order valence-corrected chi connectivity index (χ1v) is 9.45. The highest BCUT2D eigenvalue weighted by Crippen LogP contribution is 2.33. The molecular weight excluding hydrogens is 356 g/mol. The lowest BCUT2D eigenvalue weighted by Crippen LogP contribution is -2.37. The molecule has 0 radical (unpaired) electrons. The van der Waals surface area contributed by atoms with Gasteiger partial charge in [0.15, 0.2) is 11.5 Å². The van der Waals surface area contributed by atoms with Crippen molar-refractivity contribution in [2.45, 2.75) is 32.7 Å². The van der Waals surface area contributed by atoms with Gasteiger partial charge in [0.05, 0.1) is 14.2 Å². The first-order valence-electron chi connectivity index (χ1n) is 9.45. The second-order valence-electron chi connectivity index (χ2n) is 6.78. The fraction of sp³-hybridized carbons (Fsp3) is 0.364. The molecule has 2 aromatic carbocycles. The summed E-state index contributed by atoms with van der Waals surface area (Å²) < 4.78 is 10.7. The Hall–Kier alpha value is -3.02. The number of hydrogen-bond acceptors (Lipinski definition) is 4. The van der Waals surface area contributed by atoms with Gasteiger partial charge >= 0.3 is 0 Å². The minimum Gasteiger partial charge on any atom is -0.493 e. The van der Waals surface area contributed by atoms with E-state index in [2.05, 4.69) is 5.32 Å². The fourth-order valence-corrected chi connectivity index (χ4v) is 3.49. The normalized spacial score (nSPS) is 12.9. The predicted molar refractivity (Wildman–Crippen MR) is 108 cm³/mol. The van der Waals surface area contributed by atoms with E-state index >= 15 is 0 Å². The van der Waals surface area contributed by atoms with Crippen molar-refractivity contribution < 1.29 is 19.1 Å². The summed E-state index contributed by atoms with van der Waals surface area (Å²) in [6.45, 7) is 3.08. The molecule has 28 heavy (non-hydrogen) atoms. The van der Waals surface area contributed by atoms with Crippen molar-refractivity contribution in [2.75, 3.05) is 26.1 Å². The number of carbonyl (C=O) groups is 2. The van der Waals surface area contributed by atoms with E-state index < -0.39 is 0 Å². The molecule has 1 heterocycles. The number of amides is 2. The van der Waals surface area contributed by atoms with Crippen molar-refractivity contribution >= 4 is 17.5 Å². The molecule has 0 saturated carbocycles. The molecule has 1 N–H and O–H groups in total. The van der Waals surface area contributed by atoms with Crippen LogP contribution in [0.4, 0.5) is 5.69 Å². The lowest BCUT2D eigenvalue weighted by Gasteiger charge is -2.29. The number of carbonyl (C=O) groups excluding carboxylic acids is 2. The summed E-state index contributed by atoms with van der Waals surface area (Å²) in [7, 11) is 3.20. The topological polar surface area (TPSA) is 67.9 Å². The van der Waals surface area contributed by atoms with Crippen LogP contribution >= 0.6 is 0 Å². The number of rotatable bonds is 6. The number of nitrogens with zero attached hydrogens (tertiary/aromatic N) is 1. The van der Waals surface area contributed by atoms with E-state index in [0.29, 0.717) is 24.6 Å². The van der Waals surface area contributed by atoms with Crippen LogP contribution in [0.2, 0.25) is 0 Å². The molecule has 2 amide bonds. The zero-order valence-electron chi connectivity index (χ0n) is 16.6. The lowest BCUT2D eigenvalue weighted by molar-refractivity contribution is -0.135. The number of nitrogens with one attached hydrogen (secondary N) is 1. The SMILES string of the molecule is CCc1ccccc1NC(=O)CC(=O)N1CCc2cc(OC)c(OC)cc2C1. The molecule has 2 aromatic rings. The fourth-order valence-electron chi connectivity index (χ4n) is 3.49. The summed E-state index contributed by atoms with van der Waals surface area (Å²) >= 11 is 0. The van der Waals surface area contributed by atoms with Crippen molar-refractivity contribution in [2.24, 2.45) is 0 Å². The molecule has 0 atom stereocenters. The quantitative estimate of drug-likeness (QED) is 0.779. The van der Waals surface area contributed by atoms with E-state index in [1.807, 2.05) is 43.3 Å². The van der Waals surface area contributed by atoms with Crippen LogP contribution in [-0.2, 0) is 29.0 Å². The van der Waals surface area contributed by atoms with E-state index in [0.717, 1.165) is 35.2 Å². The molecule has 0 aromatic heterocycles. The molecule has 0 fully saturated rings. The van der Waals surface area contributed by atoms with Gasteiger partial charge in [-0.15, -0.1) is 0 Å². The van der Waals surface area contributed by atoms with Gasteiger partial charge in [-0.3, -0.25) is 9.59 Å². The highest BCUT2D eigenvalue weighted by Gasteiger charge is 2.24. The number of anilines is 1. The summed E-state index contributed by atoms with van der Waals surface area (Å²) in [5.74, 6) is 0.871. The zero-order chi connectivity index (χ0) is 20.1. The van der Waals surface area contributed by atoms with Crippen molar-refractivity contribution in [3.05, 3.63) is 53.1 Å². The van der Waals surface area contributed by atoms with Crippen molar-refractivity contribution in [1.82, 2.24) is 4.90 Å². The smallest absolute Gasteiger partial charge is 0.233 e. The van der Waals surface area contributed by atoms with Crippen LogP contribution in [0, 0.1) is 0 Å². The Morgan fingerprint density at radius 2 is 1.75 bits per heavy atom. The average Bonchev–Trinajstić information content (AvgIpc) is 2.72. The monoisotopic (exact) mass is 382 g/mol. The van der Waals surface area contributed by atoms with Crippen LogP contribution < -0.4 is 14.8 Å². The molecular formula is C22H26N2O4. The van der Waals surface area contributed by atoms with Crippen LogP contribution in [-0.4, -0.2) is 37.5 Å². The minimum atomic E-state index is -0.288. The van der Waals surface area contributed by atoms with Crippen LogP contribution in [0.25, 0.3) is 0 Å². The maximum Gasteiger partial charge on any atom is 0.233 e. The molecule has 148 valence electrons. The third-order valence-corrected chi connectivity index (χ3v) is 5.05.